The summed E-state index contributed by atoms with van der Waals surface area (Å²) in [7, 11) is 0. The second-order valence-electron chi connectivity index (χ2n) is 7.50. The third-order valence-corrected chi connectivity index (χ3v) is 5.31. The van der Waals surface area contributed by atoms with Crippen molar-refractivity contribution in [1.82, 2.24) is 4.90 Å². The molecule has 1 unspecified atom stereocenters. The Morgan fingerprint density at radius 1 is 1.24 bits per heavy atom. The van der Waals surface area contributed by atoms with Crippen LogP contribution in [0.15, 0.2) is 24.3 Å². The van der Waals surface area contributed by atoms with Crippen molar-refractivity contribution < 1.29 is 4.74 Å². The molecular weight excluding hydrogens is 260 g/mol. The SMILES string of the molecule is CC1(C)CCCC(CN)(N2CCOc3ccccc3C2)C1. The van der Waals surface area contributed by atoms with Gasteiger partial charge in [0.1, 0.15) is 12.4 Å². The van der Waals surface area contributed by atoms with E-state index in [0.29, 0.717) is 5.41 Å². The van der Waals surface area contributed by atoms with Gasteiger partial charge < -0.3 is 10.5 Å². The summed E-state index contributed by atoms with van der Waals surface area (Å²) in [5.41, 5.74) is 8.11. The van der Waals surface area contributed by atoms with Gasteiger partial charge in [0, 0.05) is 30.7 Å². The Bertz CT molecular complexity index is 500. The van der Waals surface area contributed by atoms with Crippen molar-refractivity contribution in [1.29, 1.82) is 0 Å². The maximum absolute atomic E-state index is 6.28. The van der Waals surface area contributed by atoms with Crippen LogP contribution in [0, 0.1) is 5.41 Å². The third-order valence-electron chi connectivity index (χ3n) is 5.31. The van der Waals surface area contributed by atoms with Gasteiger partial charge >= 0.3 is 0 Å². The fraction of sp³-hybridized carbons (Fsp3) is 0.667. The average Bonchev–Trinajstić information content (AvgIpc) is 2.68. The van der Waals surface area contributed by atoms with Gasteiger partial charge in [-0.05, 0) is 30.7 Å². The first-order valence-corrected chi connectivity index (χ1v) is 8.21. The smallest absolute Gasteiger partial charge is 0.123 e. The topological polar surface area (TPSA) is 38.5 Å². The van der Waals surface area contributed by atoms with E-state index < -0.39 is 0 Å². The number of nitrogens with zero attached hydrogens (tertiary/aromatic N) is 1. The van der Waals surface area contributed by atoms with Gasteiger partial charge in [0.05, 0.1) is 0 Å². The van der Waals surface area contributed by atoms with Gasteiger partial charge in [0.2, 0.25) is 0 Å². The maximum atomic E-state index is 6.28. The van der Waals surface area contributed by atoms with Crippen molar-refractivity contribution in [2.24, 2.45) is 11.1 Å². The predicted octanol–water partition coefficient (Wildman–Crippen LogP) is 3.18. The summed E-state index contributed by atoms with van der Waals surface area (Å²) in [5, 5.41) is 0. The summed E-state index contributed by atoms with van der Waals surface area (Å²) in [6, 6.07) is 8.42. The molecular formula is C18H28N2O. The summed E-state index contributed by atoms with van der Waals surface area (Å²) in [5.74, 6) is 1.04. The molecule has 1 heterocycles. The molecule has 2 N–H and O–H groups in total. The van der Waals surface area contributed by atoms with Crippen LogP contribution in [0.25, 0.3) is 0 Å². The van der Waals surface area contributed by atoms with E-state index in [0.717, 1.165) is 32.0 Å². The lowest BCUT2D eigenvalue weighted by molar-refractivity contribution is 0.00170. The summed E-state index contributed by atoms with van der Waals surface area (Å²) in [4.78, 5) is 2.60. The van der Waals surface area contributed by atoms with Gasteiger partial charge in [-0.2, -0.15) is 0 Å². The van der Waals surface area contributed by atoms with E-state index in [9.17, 15) is 0 Å². The molecule has 3 rings (SSSR count). The Morgan fingerprint density at radius 2 is 2.05 bits per heavy atom. The Balaban J connectivity index is 1.87. The minimum Gasteiger partial charge on any atom is -0.492 e. The molecule has 116 valence electrons. The van der Waals surface area contributed by atoms with Crippen LogP contribution in [0.1, 0.15) is 45.1 Å². The first-order chi connectivity index (χ1) is 10.0. The number of fused-ring (bicyclic) bond motifs is 1. The van der Waals surface area contributed by atoms with Gasteiger partial charge in [0.15, 0.2) is 0 Å². The first kappa shape index (κ1) is 14.9. The van der Waals surface area contributed by atoms with Crippen LogP contribution in [0.2, 0.25) is 0 Å². The molecule has 2 aliphatic rings. The van der Waals surface area contributed by atoms with Crippen molar-refractivity contribution in [2.45, 2.75) is 51.6 Å². The van der Waals surface area contributed by atoms with Crippen molar-refractivity contribution in [3.63, 3.8) is 0 Å². The molecule has 1 aliphatic heterocycles. The highest BCUT2D eigenvalue weighted by atomic mass is 16.5. The van der Waals surface area contributed by atoms with E-state index in [1.165, 1.54) is 31.2 Å². The van der Waals surface area contributed by atoms with Crippen molar-refractivity contribution in [2.75, 3.05) is 19.7 Å². The van der Waals surface area contributed by atoms with Crippen LogP contribution in [0.3, 0.4) is 0 Å². The van der Waals surface area contributed by atoms with Crippen molar-refractivity contribution >= 4 is 0 Å². The second-order valence-corrected chi connectivity index (χ2v) is 7.50. The predicted molar refractivity (Wildman–Crippen MR) is 86.4 cm³/mol. The molecule has 0 radical (unpaired) electrons. The Morgan fingerprint density at radius 3 is 2.81 bits per heavy atom. The highest BCUT2D eigenvalue weighted by molar-refractivity contribution is 5.34. The standard InChI is InChI=1S/C18H28N2O/c1-17(2)8-5-9-18(13-17,14-19)20-10-11-21-16-7-4-3-6-15(16)12-20/h3-4,6-7H,5,8-14,19H2,1-2H3. The van der Waals surface area contributed by atoms with E-state index in [1.54, 1.807) is 0 Å². The molecule has 0 bridgehead atoms. The van der Waals surface area contributed by atoms with Crippen LogP contribution in [-0.2, 0) is 6.54 Å². The van der Waals surface area contributed by atoms with Crippen LogP contribution < -0.4 is 10.5 Å². The fourth-order valence-corrected chi connectivity index (χ4v) is 4.27. The molecule has 0 saturated heterocycles. The number of hydrogen-bond acceptors (Lipinski definition) is 3. The van der Waals surface area contributed by atoms with Crippen LogP contribution >= 0.6 is 0 Å². The lowest BCUT2D eigenvalue weighted by Gasteiger charge is -2.50. The highest BCUT2D eigenvalue weighted by Crippen LogP contribution is 2.44. The summed E-state index contributed by atoms with van der Waals surface area (Å²) in [6.07, 6.45) is 5.01. The number of rotatable bonds is 2. The molecule has 21 heavy (non-hydrogen) atoms. The monoisotopic (exact) mass is 288 g/mol. The molecule has 0 amide bonds. The molecule has 1 saturated carbocycles. The number of benzene rings is 1. The molecule has 3 nitrogen and oxygen atoms in total. The van der Waals surface area contributed by atoms with Gasteiger partial charge in [0.25, 0.3) is 0 Å². The average molecular weight is 288 g/mol. The normalized spacial score (nSPS) is 29.3. The van der Waals surface area contributed by atoms with Crippen LogP contribution in [0.4, 0.5) is 0 Å². The number of ether oxygens (including phenoxy) is 1. The quantitative estimate of drug-likeness (QED) is 0.908. The van der Waals surface area contributed by atoms with Gasteiger partial charge in [-0.3, -0.25) is 4.90 Å². The maximum Gasteiger partial charge on any atom is 0.123 e. The van der Waals surface area contributed by atoms with E-state index in [4.69, 9.17) is 10.5 Å². The second kappa shape index (κ2) is 5.62. The molecule has 1 aromatic carbocycles. The third kappa shape index (κ3) is 2.95. The molecule has 0 aromatic heterocycles. The number of para-hydroxylation sites is 1. The highest BCUT2D eigenvalue weighted by Gasteiger charge is 2.43. The Hall–Kier alpha value is -1.06. The van der Waals surface area contributed by atoms with E-state index in [1.807, 2.05) is 0 Å². The molecule has 1 fully saturated rings. The summed E-state index contributed by atoms with van der Waals surface area (Å²) >= 11 is 0. The van der Waals surface area contributed by atoms with E-state index in [2.05, 4.69) is 43.0 Å². The molecule has 0 spiro atoms. The van der Waals surface area contributed by atoms with E-state index in [-0.39, 0.29) is 5.54 Å². The van der Waals surface area contributed by atoms with Gasteiger partial charge in [-0.15, -0.1) is 0 Å². The van der Waals surface area contributed by atoms with Gasteiger partial charge in [-0.25, -0.2) is 0 Å². The summed E-state index contributed by atoms with van der Waals surface area (Å²) < 4.78 is 5.93. The largest absolute Gasteiger partial charge is 0.492 e. The lowest BCUT2D eigenvalue weighted by atomic mass is 9.67. The zero-order valence-electron chi connectivity index (χ0n) is 13.4. The number of hydrogen-bond donors (Lipinski definition) is 1. The molecule has 1 aromatic rings. The molecule has 1 atom stereocenters. The van der Waals surface area contributed by atoms with E-state index >= 15 is 0 Å². The van der Waals surface area contributed by atoms with Crippen molar-refractivity contribution in [3.8, 4) is 5.75 Å². The zero-order valence-corrected chi connectivity index (χ0v) is 13.4. The Labute approximate surface area is 128 Å². The van der Waals surface area contributed by atoms with Crippen LogP contribution in [0.5, 0.6) is 5.75 Å². The first-order valence-electron chi connectivity index (χ1n) is 8.21. The lowest BCUT2D eigenvalue weighted by Crippen LogP contribution is -2.57. The Kier molecular flexibility index (Phi) is 3.98. The van der Waals surface area contributed by atoms with Crippen LogP contribution in [-0.4, -0.2) is 30.1 Å². The minimum atomic E-state index is 0.141. The minimum absolute atomic E-state index is 0.141. The van der Waals surface area contributed by atoms with Crippen molar-refractivity contribution in [3.05, 3.63) is 29.8 Å². The van der Waals surface area contributed by atoms with Gasteiger partial charge in [-0.1, -0.05) is 38.5 Å². The number of nitrogens with two attached hydrogens (primary N) is 1. The molecule has 1 aliphatic carbocycles. The molecule has 3 heteroatoms. The summed E-state index contributed by atoms with van der Waals surface area (Å²) in [6.45, 7) is 8.22. The fourth-order valence-electron chi connectivity index (χ4n) is 4.27. The zero-order chi connectivity index (χ0) is 14.9.